The van der Waals surface area contributed by atoms with Gasteiger partial charge in [-0.2, -0.15) is 5.26 Å². The molecule has 0 atom stereocenters. The molecule has 1 N–H and O–H groups in total. The lowest BCUT2D eigenvalue weighted by molar-refractivity contribution is -0.112. The quantitative estimate of drug-likeness (QED) is 0.394. The van der Waals surface area contributed by atoms with E-state index >= 15 is 0 Å². The third-order valence-corrected chi connectivity index (χ3v) is 4.39. The molecule has 0 radical (unpaired) electrons. The van der Waals surface area contributed by atoms with Crippen molar-refractivity contribution in [1.82, 2.24) is 0 Å². The molecule has 0 spiro atoms. The summed E-state index contributed by atoms with van der Waals surface area (Å²) >= 11 is 2.17. The van der Waals surface area contributed by atoms with Gasteiger partial charge in [0, 0.05) is 5.69 Å². The van der Waals surface area contributed by atoms with E-state index in [1.165, 1.54) is 5.56 Å². The van der Waals surface area contributed by atoms with Gasteiger partial charge in [0.15, 0.2) is 0 Å². The van der Waals surface area contributed by atoms with Crippen LogP contribution in [0.4, 0.5) is 5.69 Å². The molecule has 2 aromatic rings. The van der Waals surface area contributed by atoms with Crippen molar-refractivity contribution >= 4 is 40.3 Å². The van der Waals surface area contributed by atoms with Crippen LogP contribution in [0.15, 0.2) is 48.0 Å². The van der Waals surface area contributed by atoms with Gasteiger partial charge in [0.2, 0.25) is 0 Å². The van der Waals surface area contributed by atoms with Gasteiger partial charge in [-0.25, -0.2) is 0 Å². The van der Waals surface area contributed by atoms with Gasteiger partial charge in [-0.1, -0.05) is 25.1 Å². The number of carbonyl (C=O) groups excluding carboxylic acids is 1. The topological polar surface area (TPSA) is 62.1 Å². The van der Waals surface area contributed by atoms with E-state index in [4.69, 9.17) is 4.74 Å². The molecular weight excluding hydrogens is 427 g/mol. The molecule has 25 heavy (non-hydrogen) atoms. The number of halogens is 1. The van der Waals surface area contributed by atoms with Crippen LogP contribution >= 0.6 is 22.6 Å². The van der Waals surface area contributed by atoms with Gasteiger partial charge in [-0.15, -0.1) is 0 Å². The molecule has 5 heteroatoms. The van der Waals surface area contributed by atoms with E-state index in [1.807, 2.05) is 55.5 Å². The Morgan fingerprint density at radius 3 is 2.52 bits per heavy atom. The summed E-state index contributed by atoms with van der Waals surface area (Å²) in [6.07, 6.45) is 2.52. The monoisotopic (exact) mass is 446 g/mol. The summed E-state index contributed by atoms with van der Waals surface area (Å²) < 4.78 is 6.43. The Hall–Kier alpha value is -2.33. The minimum absolute atomic E-state index is 0.0551. The molecule has 0 bridgehead atoms. The lowest BCUT2D eigenvalue weighted by Crippen LogP contribution is -2.13. The van der Waals surface area contributed by atoms with Crippen molar-refractivity contribution in [2.75, 3.05) is 11.9 Å². The van der Waals surface area contributed by atoms with Crippen molar-refractivity contribution in [3.63, 3.8) is 0 Å². The van der Waals surface area contributed by atoms with Crippen molar-refractivity contribution in [3.8, 4) is 11.8 Å². The van der Waals surface area contributed by atoms with Gasteiger partial charge in [-0.05, 0) is 77.4 Å². The molecule has 0 saturated carbocycles. The Morgan fingerprint density at radius 1 is 1.24 bits per heavy atom. The van der Waals surface area contributed by atoms with Crippen LogP contribution < -0.4 is 10.1 Å². The summed E-state index contributed by atoms with van der Waals surface area (Å²) in [5.74, 6) is 0.370. The minimum Gasteiger partial charge on any atom is -0.493 e. The molecular formula is C20H19IN2O2. The molecule has 2 aromatic carbocycles. The average molecular weight is 446 g/mol. The molecule has 0 unspecified atom stereocenters. The van der Waals surface area contributed by atoms with Gasteiger partial charge >= 0.3 is 0 Å². The summed E-state index contributed by atoms with van der Waals surface area (Å²) in [5.41, 5.74) is 2.70. The zero-order valence-electron chi connectivity index (χ0n) is 14.2. The molecule has 0 saturated heterocycles. The number of nitrogens with one attached hydrogen (secondary N) is 1. The molecule has 1 amide bonds. The fourth-order valence-electron chi connectivity index (χ4n) is 2.22. The van der Waals surface area contributed by atoms with Gasteiger partial charge in [0.1, 0.15) is 17.4 Å². The Bertz CT molecular complexity index is 821. The number of nitriles is 1. The maximum Gasteiger partial charge on any atom is 0.266 e. The van der Waals surface area contributed by atoms with E-state index in [0.717, 1.165) is 21.3 Å². The summed E-state index contributed by atoms with van der Waals surface area (Å²) in [7, 11) is 0. The van der Waals surface area contributed by atoms with E-state index in [2.05, 4.69) is 34.8 Å². The van der Waals surface area contributed by atoms with Crippen LogP contribution in [0.3, 0.4) is 0 Å². The van der Waals surface area contributed by atoms with Crippen molar-refractivity contribution in [2.45, 2.75) is 20.3 Å². The Labute approximate surface area is 161 Å². The van der Waals surface area contributed by atoms with Gasteiger partial charge in [-0.3, -0.25) is 4.79 Å². The third-order valence-electron chi connectivity index (χ3n) is 3.55. The first-order valence-corrected chi connectivity index (χ1v) is 9.09. The van der Waals surface area contributed by atoms with Crippen molar-refractivity contribution in [1.29, 1.82) is 5.26 Å². The van der Waals surface area contributed by atoms with E-state index in [9.17, 15) is 10.1 Å². The number of benzene rings is 2. The average Bonchev–Trinajstić information content (AvgIpc) is 2.62. The Kier molecular flexibility index (Phi) is 7.02. The molecule has 2 rings (SSSR count). The molecule has 0 heterocycles. The predicted octanol–water partition coefficient (Wildman–Crippen LogP) is 4.80. The molecule has 0 aromatic heterocycles. The van der Waals surface area contributed by atoms with Gasteiger partial charge < -0.3 is 10.1 Å². The zero-order chi connectivity index (χ0) is 18.2. The highest BCUT2D eigenvalue weighted by Gasteiger charge is 2.10. The molecule has 0 fully saturated rings. The highest BCUT2D eigenvalue weighted by molar-refractivity contribution is 14.1. The van der Waals surface area contributed by atoms with E-state index in [-0.39, 0.29) is 5.57 Å². The van der Waals surface area contributed by atoms with Crippen LogP contribution in [0.1, 0.15) is 25.0 Å². The number of amides is 1. The fraction of sp³-hybridized carbons (Fsp3) is 0.200. The molecule has 128 valence electrons. The van der Waals surface area contributed by atoms with Gasteiger partial charge in [0.05, 0.1) is 10.2 Å². The molecule has 4 nitrogen and oxygen atoms in total. The second-order valence-corrected chi connectivity index (χ2v) is 6.46. The van der Waals surface area contributed by atoms with Crippen molar-refractivity contribution in [2.24, 2.45) is 0 Å². The summed E-state index contributed by atoms with van der Waals surface area (Å²) in [5, 5.41) is 12.1. The number of anilines is 1. The smallest absolute Gasteiger partial charge is 0.266 e. The van der Waals surface area contributed by atoms with Crippen LogP contribution in [-0.2, 0) is 11.2 Å². The van der Waals surface area contributed by atoms with Crippen LogP contribution in [-0.4, -0.2) is 12.5 Å². The number of carbonyl (C=O) groups is 1. The van der Waals surface area contributed by atoms with Gasteiger partial charge in [0.25, 0.3) is 5.91 Å². The van der Waals surface area contributed by atoms with Crippen LogP contribution in [0.25, 0.3) is 6.08 Å². The number of hydrogen-bond acceptors (Lipinski definition) is 3. The van der Waals surface area contributed by atoms with E-state index in [1.54, 1.807) is 6.08 Å². The normalized spacial score (nSPS) is 10.9. The predicted molar refractivity (Wildman–Crippen MR) is 108 cm³/mol. The highest BCUT2D eigenvalue weighted by Crippen LogP contribution is 2.23. The summed E-state index contributed by atoms with van der Waals surface area (Å²) in [6, 6.07) is 15.1. The van der Waals surface area contributed by atoms with E-state index < -0.39 is 5.91 Å². The largest absolute Gasteiger partial charge is 0.493 e. The standard InChI is InChI=1S/C20H19IN2O2/c1-3-14-5-8-17(9-6-14)23-20(24)16(13-22)11-15-7-10-19(25-4-2)18(21)12-15/h5-12H,3-4H2,1-2H3,(H,23,24)/b16-11+. The van der Waals surface area contributed by atoms with Crippen LogP contribution in [0, 0.1) is 14.9 Å². The first kappa shape index (κ1) is 19.0. The Balaban J connectivity index is 2.17. The number of nitrogens with zero attached hydrogens (tertiary/aromatic N) is 1. The SMILES string of the molecule is CCOc1ccc(/C=C(\C#N)C(=O)Nc2ccc(CC)cc2)cc1I. The van der Waals surface area contributed by atoms with Crippen molar-refractivity contribution in [3.05, 3.63) is 62.7 Å². The lowest BCUT2D eigenvalue weighted by atomic mass is 10.1. The first-order valence-electron chi connectivity index (χ1n) is 8.01. The third kappa shape index (κ3) is 5.33. The number of hydrogen-bond donors (Lipinski definition) is 1. The number of aryl methyl sites for hydroxylation is 1. The number of rotatable bonds is 6. The Morgan fingerprint density at radius 2 is 1.96 bits per heavy atom. The zero-order valence-corrected chi connectivity index (χ0v) is 16.3. The van der Waals surface area contributed by atoms with Crippen molar-refractivity contribution < 1.29 is 9.53 Å². The fourth-order valence-corrected chi connectivity index (χ4v) is 2.91. The van der Waals surface area contributed by atoms with Crippen LogP contribution in [0.2, 0.25) is 0 Å². The minimum atomic E-state index is -0.421. The maximum absolute atomic E-state index is 12.3. The highest BCUT2D eigenvalue weighted by atomic mass is 127. The molecule has 0 aliphatic rings. The number of ether oxygens (including phenoxy) is 1. The molecule has 0 aliphatic heterocycles. The second kappa shape index (κ2) is 9.23. The van der Waals surface area contributed by atoms with E-state index in [0.29, 0.717) is 12.3 Å². The summed E-state index contributed by atoms with van der Waals surface area (Å²) in [6.45, 7) is 4.59. The molecule has 0 aliphatic carbocycles. The van der Waals surface area contributed by atoms with Crippen LogP contribution in [0.5, 0.6) is 5.75 Å². The maximum atomic E-state index is 12.3. The second-order valence-electron chi connectivity index (χ2n) is 5.30. The summed E-state index contributed by atoms with van der Waals surface area (Å²) in [4.78, 5) is 12.3. The lowest BCUT2D eigenvalue weighted by Gasteiger charge is -2.07. The first-order chi connectivity index (χ1) is 12.1.